The van der Waals surface area contributed by atoms with Crippen molar-refractivity contribution in [1.82, 2.24) is 9.88 Å². The van der Waals surface area contributed by atoms with Crippen molar-refractivity contribution in [3.05, 3.63) is 71.6 Å². The molecule has 1 N–H and O–H groups in total. The zero-order valence-electron chi connectivity index (χ0n) is 20.0. The maximum Gasteiger partial charge on any atom is 0.409 e. The molecule has 1 saturated heterocycles. The lowest BCUT2D eigenvalue weighted by Crippen LogP contribution is -2.29. The smallest absolute Gasteiger partial charge is 0.409 e. The van der Waals surface area contributed by atoms with E-state index in [4.69, 9.17) is 13.9 Å². The summed E-state index contributed by atoms with van der Waals surface area (Å²) >= 11 is 0. The van der Waals surface area contributed by atoms with Crippen LogP contribution in [0.1, 0.15) is 36.3 Å². The first kappa shape index (κ1) is 24.3. The minimum Gasteiger partial charge on any atom is -0.493 e. The second-order valence-corrected chi connectivity index (χ2v) is 8.63. The number of carboxylic acid groups (broad SMARTS) is 1. The Bertz CT molecular complexity index is 1160. The van der Waals surface area contributed by atoms with Crippen molar-refractivity contribution in [3.8, 4) is 17.2 Å². The largest absolute Gasteiger partial charge is 0.493 e. The van der Waals surface area contributed by atoms with Gasteiger partial charge in [0.25, 0.3) is 0 Å². The SMILES string of the molecule is CCOC(=O)N1C[C@H](CC(=O)O)[C@H](c2cccc(OCCc3nc(-c4ccccc4)oc3C)c2)C1. The summed E-state index contributed by atoms with van der Waals surface area (Å²) in [7, 11) is 0. The van der Waals surface area contributed by atoms with Crippen LogP contribution in [0.15, 0.2) is 59.0 Å². The third-order valence-electron chi connectivity index (χ3n) is 6.21. The number of aliphatic carboxylic acids is 1. The molecule has 4 rings (SSSR count). The standard InChI is InChI=1S/C27H30N2O6/c1-3-33-27(32)29-16-21(15-25(30)31)23(17-29)20-10-7-11-22(14-20)34-13-12-24-18(2)35-26(28-24)19-8-5-4-6-9-19/h4-11,14,21,23H,3,12-13,15-17H2,1-2H3,(H,30,31)/t21-,23-/m0/s1. The summed E-state index contributed by atoms with van der Waals surface area (Å²) in [6, 6.07) is 17.4. The van der Waals surface area contributed by atoms with Gasteiger partial charge in [-0.15, -0.1) is 0 Å². The van der Waals surface area contributed by atoms with Crippen molar-refractivity contribution in [2.45, 2.75) is 32.6 Å². The number of carbonyl (C=O) groups is 2. The van der Waals surface area contributed by atoms with E-state index in [1.807, 2.05) is 61.5 Å². The van der Waals surface area contributed by atoms with Crippen molar-refractivity contribution < 1.29 is 28.6 Å². The molecule has 184 valence electrons. The quantitative estimate of drug-likeness (QED) is 0.466. The average molecular weight is 479 g/mol. The number of hydrogen-bond acceptors (Lipinski definition) is 6. The third kappa shape index (κ3) is 6.01. The molecule has 0 radical (unpaired) electrons. The van der Waals surface area contributed by atoms with E-state index < -0.39 is 12.1 Å². The van der Waals surface area contributed by atoms with Crippen molar-refractivity contribution in [3.63, 3.8) is 0 Å². The lowest BCUT2D eigenvalue weighted by atomic mass is 9.87. The molecule has 1 aliphatic rings. The van der Waals surface area contributed by atoms with E-state index in [2.05, 4.69) is 4.98 Å². The highest BCUT2D eigenvalue weighted by atomic mass is 16.6. The highest BCUT2D eigenvalue weighted by molar-refractivity contribution is 5.70. The monoisotopic (exact) mass is 478 g/mol. The molecule has 1 aromatic heterocycles. The molecule has 8 nitrogen and oxygen atoms in total. The van der Waals surface area contributed by atoms with Crippen LogP contribution >= 0.6 is 0 Å². The number of oxazole rings is 1. The van der Waals surface area contributed by atoms with E-state index in [1.165, 1.54) is 0 Å². The van der Waals surface area contributed by atoms with Gasteiger partial charge in [-0.1, -0.05) is 30.3 Å². The topological polar surface area (TPSA) is 102 Å². The summed E-state index contributed by atoms with van der Waals surface area (Å²) in [6.45, 7) is 5.13. The second-order valence-electron chi connectivity index (χ2n) is 8.63. The molecule has 1 aliphatic heterocycles. The van der Waals surface area contributed by atoms with Crippen LogP contribution < -0.4 is 4.74 Å². The first-order valence-corrected chi connectivity index (χ1v) is 11.8. The predicted molar refractivity (Wildman–Crippen MR) is 129 cm³/mol. The lowest BCUT2D eigenvalue weighted by Gasteiger charge is -2.18. The molecule has 2 aromatic carbocycles. The van der Waals surface area contributed by atoms with Crippen molar-refractivity contribution in [2.24, 2.45) is 5.92 Å². The van der Waals surface area contributed by atoms with Gasteiger partial charge in [0.15, 0.2) is 0 Å². The van der Waals surface area contributed by atoms with Crippen LogP contribution in [0.3, 0.4) is 0 Å². The third-order valence-corrected chi connectivity index (χ3v) is 6.21. The number of amides is 1. The van der Waals surface area contributed by atoms with Crippen LogP contribution in [0.2, 0.25) is 0 Å². The zero-order chi connectivity index (χ0) is 24.8. The number of benzene rings is 2. The molecule has 0 saturated carbocycles. The number of rotatable bonds is 9. The molecular formula is C27H30N2O6. The Kier molecular flexibility index (Phi) is 7.70. The molecule has 1 amide bonds. The van der Waals surface area contributed by atoms with E-state index in [-0.39, 0.29) is 24.9 Å². The minimum atomic E-state index is -0.879. The average Bonchev–Trinajstić information content (AvgIpc) is 3.43. The Labute approximate surface area is 204 Å². The number of carboxylic acids is 1. The zero-order valence-corrected chi connectivity index (χ0v) is 20.0. The van der Waals surface area contributed by atoms with Crippen molar-refractivity contribution in [2.75, 3.05) is 26.3 Å². The molecule has 0 bridgehead atoms. The number of aromatic nitrogens is 1. The van der Waals surface area contributed by atoms with E-state index in [9.17, 15) is 14.7 Å². The Morgan fingerprint density at radius 1 is 1.14 bits per heavy atom. The summed E-state index contributed by atoms with van der Waals surface area (Å²) in [6.07, 6.45) is 0.172. The molecule has 2 atom stereocenters. The number of likely N-dealkylation sites (tertiary alicyclic amines) is 1. The van der Waals surface area contributed by atoms with Crippen LogP contribution in [0.5, 0.6) is 5.75 Å². The first-order chi connectivity index (χ1) is 16.9. The molecule has 2 heterocycles. The van der Waals surface area contributed by atoms with Gasteiger partial charge < -0.3 is 23.9 Å². The Morgan fingerprint density at radius 2 is 1.94 bits per heavy atom. The molecular weight excluding hydrogens is 448 g/mol. The summed E-state index contributed by atoms with van der Waals surface area (Å²) in [5.41, 5.74) is 2.73. The summed E-state index contributed by atoms with van der Waals surface area (Å²) in [5, 5.41) is 9.37. The van der Waals surface area contributed by atoms with Gasteiger partial charge >= 0.3 is 12.1 Å². The van der Waals surface area contributed by atoms with Crippen LogP contribution in [-0.4, -0.2) is 53.4 Å². The van der Waals surface area contributed by atoms with Gasteiger partial charge in [0.2, 0.25) is 5.89 Å². The maximum atomic E-state index is 12.2. The number of aryl methyl sites for hydroxylation is 1. The normalized spacial score (nSPS) is 17.4. The fourth-order valence-corrected chi connectivity index (χ4v) is 4.51. The van der Waals surface area contributed by atoms with Crippen LogP contribution in [0, 0.1) is 12.8 Å². The molecule has 0 unspecified atom stereocenters. The summed E-state index contributed by atoms with van der Waals surface area (Å²) < 4.78 is 17.0. The second kappa shape index (κ2) is 11.1. The van der Waals surface area contributed by atoms with Crippen LogP contribution in [-0.2, 0) is 16.0 Å². The van der Waals surface area contributed by atoms with E-state index >= 15 is 0 Å². The lowest BCUT2D eigenvalue weighted by molar-refractivity contribution is -0.138. The van der Waals surface area contributed by atoms with E-state index in [1.54, 1.807) is 11.8 Å². The number of hydrogen-bond donors (Lipinski definition) is 1. The maximum absolute atomic E-state index is 12.2. The predicted octanol–water partition coefficient (Wildman–Crippen LogP) is 4.92. The number of nitrogens with zero attached hydrogens (tertiary/aromatic N) is 2. The van der Waals surface area contributed by atoms with Gasteiger partial charge in [-0.2, -0.15) is 0 Å². The van der Waals surface area contributed by atoms with Gasteiger partial charge in [0, 0.05) is 31.0 Å². The van der Waals surface area contributed by atoms with Crippen LogP contribution in [0.25, 0.3) is 11.5 Å². The van der Waals surface area contributed by atoms with Gasteiger partial charge in [-0.05, 0) is 49.6 Å². The molecule has 0 aliphatic carbocycles. The fourth-order valence-electron chi connectivity index (χ4n) is 4.51. The van der Waals surface area contributed by atoms with Gasteiger partial charge in [0.1, 0.15) is 11.5 Å². The first-order valence-electron chi connectivity index (χ1n) is 11.8. The van der Waals surface area contributed by atoms with Crippen molar-refractivity contribution >= 4 is 12.1 Å². The fraction of sp³-hybridized carbons (Fsp3) is 0.370. The highest BCUT2D eigenvalue weighted by Crippen LogP contribution is 2.36. The van der Waals surface area contributed by atoms with Crippen molar-refractivity contribution in [1.29, 1.82) is 0 Å². The van der Waals surface area contributed by atoms with Gasteiger partial charge in [-0.25, -0.2) is 9.78 Å². The Hall–Kier alpha value is -3.81. The molecule has 8 heteroatoms. The van der Waals surface area contributed by atoms with Gasteiger partial charge in [-0.3, -0.25) is 4.79 Å². The van der Waals surface area contributed by atoms with E-state index in [0.717, 1.165) is 22.6 Å². The van der Waals surface area contributed by atoms with E-state index in [0.29, 0.717) is 37.8 Å². The van der Waals surface area contributed by atoms with Gasteiger partial charge in [0.05, 0.1) is 25.3 Å². The Morgan fingerprint density at radius 3 is 2.69 bits per heavy atom. The number of carbonyl (C=O) groups excluding carboxylic acids is 1. The summed E-state index contributed by atoms with van der Waals surface area (Å²) in [4.78, 5) is 29.9. The molecule has 1 fully saturated rings. The molecule has 0 spiro atoms. The molecule has 35 heavy (non-hydrogen) atoms. The highest BCUT2D eigenvalue weighted by Gasteiger charge is 2.38. The summed E-state index contributed by atoms with van der Waals surface area (Å²) in [5.74, 6) is 0.873. The molecule has 3 aromatic rings. The minimum absolute atomic E-state index is 0.0131. The Balaban J connectivity index is 1.41. The van der Waals surface area contributed by atoms with Crippen LogP contribution in [0.4, 0.5) is 4.79 Å². The number of ether oxygens (including phenoxy) is 2.